The van der Waals surface area contributed by atoms with Gasteiger partial charge in [0.1, 0.15) is 11.4 Å². The molecule has 0 saturated carbocycles. The molecule has 3 aliphatic rings. The summed E-state index contributed by atoms with van der Waals surface area (Å²) in [5.74, 6) is -0.548. The molecule has 0 unspecified atom stereocenters. The molecule has 7 nitrogen and oxygen atoms in total. The van der Waals surface area contributed by atoms with Crippen molar-refractivity contribution in [3.8, 4) is 0 Å². The number of carbonyl (C=O) groups is 2. The smallest absolute Gasteiger partial charge is 0.235 e. The summed E-state index contributed by atoms with van der Waals surface area (Å²) >= 11 is 5.89. The number of amides is 2. The first-order valence-electron chi connectivity index (χ1n) is 8.65. The van der Waals surface area contributed by atoms with E-state index < -0.39 is 23.5 Å². The van der Waals surface area contributed by atoms with Crippen LogP contribution in [0.2, 0.25) is 5.02 Å². The number of nitrogens with zero attached hydrogens (tertiary/aromatic N) is 2. The summed E-state index contributed by atoms with van der Waals surface area (Å²) in [6.45, 7) is 2.08. The third-order valence-corrected chi connectivity index (χ3v) is 5.66. The molecule has 3 aliphatic heterocycles. The zero-order valence-electron chi connectivity index (χ0n) is 14.4. The zero-order valence-corrected chi connectivity index (χ0v) is 15.1. The number of rotatable bonds is 3. The number of anilines is 2. The van der Waals surface area contributed by atoms with Crippen LogP contribution in [-0.4, -0.2) is 35.2 Å². The first-order chi connectivity index (χ1) is 13.0. The van der Waals surface area contributed by atoms with E-state index >= 15 is 0 Å². The fourth-order valence-electron chi connectivity index (χ4n) is 4.23. The van der Waals surface area contributed by atoms with E-state index in [2.05, 4.69) is 10.5 Å². The number of aryl methyl sites for hydroxylation is 1. The zero-order chi connectivity index (χ0) is 18.8. The van der Waals surface area contributed by atoms with Gasteiger partial charge in [-0.3, -0.25) is 14.5 Å². The fourth-order valence-corrected chi connectivity index (χ4v) is 4.36. The first-order valence-corrected chi connectivity index (χ1v) is 9.03. The van der Waals surface area contributed by atoms with Gasteiger partial charge in [0.25, 0.3) is 0 Å². The predicted octanol–water partition coefficient (Wildman–Crippen LogP) is 2.56. The van der Waals surface area contributed by atoms with Gasteiger partial charge in [0, 0.05) is 16.8 Å². The van der Waals surface area contributed by atoms with Crippen molar-refractivity contribution in [2.24, 2.45) is 11.8 Å². The number of fused-ring (bicyclic) bond motifs is 1. The number of hydrogen-bond donors (Lipinski definition) is 1. The van der Waals surface area contributed by atoms with E-state index in [1.807, 2.05) is 12.2 Å². The van der Waals surface area contributed by atoms with Crippen molar-refractivity contribution in [2.75, 3.05) is 16.8 Å². The summed E-state index contributed by atoms with van der Waals surface area (Å²) in [5, 5.41) is 7.39. The molecule has 1 aromatic carbocycles. The van der Waals surface area contributed by atoms with Gasteiger partial charge < -0.3 is 14.6 Å². The summed E-state index contributed by atoms with van der Waals surface area (Å²) in [6.07, 6.45) is 3.36. The maximum absolute atomic E-state index is 13.1. The molecule has 138 valence electrons. The lowest BCUT2D eigenvalue weighted by atomic mass is 9.77. The lowest BCUT2D eigenvalue weighted by molar-refractivity contribution is -0.128. The topological polar surface area (TPSA) is 84.7 Å². The van der Waals surface area contributed by atoms with Crippen LogP contribution in [-0.2, 0) is 14.3 Å². The van der Waals surface area contributed by atoms with Gasteiger partial charge in [0.2, 0.25) is 11.8 Å². The second-order valence-electron chi connectivity index (χ2n) is 7.12. The monoisotopic (exact) mass is 385 g/mol. The normalized spacial score (nSPS) is 30.8. The lowest BCUT2D eigenvalue weighted by Gasteiger charge is -2.23. The number of ether oxygens (including phenoxy) is 1. The van der Waals surface area contributed by atoms with Crippen LogP contribution in [0.15, 0.2) is 47.0 Å². The Morgan fingerprint density at radius 2 is 2.15 bits per heavy atom. The van der Waals surface area contributed by atoms with Gasteiger partial charge >= 0.3 is 0 Å². The Hall–Kier alpha value is -2.64. The molecule has 27 heavy (non-hydrogen) atoms. The number of aromatic nitrogens is 1. The molecule has 5 rings (SSSR count). The van der Waals surface area contributed by atoms with E-state index in [0.29, 0.717) is 28.8 Å². The molecule has 2 saturated heterocycles. The molecule has 2 aromatic rings. The van der Waals surface area contributed by atoms with Gasteiger partial charge in [-0.25, -0.2) is 0 Å². The van der Waals surface area contributed by atoms with Gasteiger partial charge in [0.05, 0.1) is 24.5 Å². The minimum atomic E-state index is -0.795. The van der Waals surface area contributed by atoms with E-state index in [-0.39, 0.29) is 11.8 Å². The van der Waals surface area contributed by atoms with E-state index in [9.17, 15) is 9.59 Å². The molecule has 1 spiro atoms. The highest BCUT2D eigenvalue weighted by molar-refractivity contribution is 6.30. The summed E-state index contributed by atoms with van der Waals surface area (Å²) in [7, 11) is 0. The van der Waals surface area contributed by atoms with Gasteiger partial charge in [-0.2, -0.15) is 0 Å². The molecule has 0 radical (unpaired) electrons. The fraction of sp³-hybridized carbons (Fsp3) is 0.316. The quantitative estimate of drug-likeness (QED) is 0.821. The standard InChI is InChI=1S/C19H16ClN3O4/c1-10-8-14(22-27-10)23-9-19-7-6-13(26-19)15(16(19)18(23)25)17(24)21-12-4-2-11(20)3-5-12/h2-8,13,15-16H,9H2,1H3,(H,21,24)/t13-,15+,16+,19+/m1/s1. The molecule has 2 bridgehead atoms. The van der Waals surface area contributed by atoms with Crippen LogP contribution >= 0.6 is 11.6 Å². The van der Waals surface area contributed by atoms with Crippen molar-refractivity contribution in [1.82, 2.24) is 5.16 Å². The van der Waals surface area contributed by atoms with Gasteiger partial charge in [-0.1, -0.05) is 28.9 Å². The van der Waals surface area contributed by atoms with Crippen LogP contribution in [0.5, 0.6) is 0 Å². The Balaban J connectivity index is 1.43. The van der Waals surface area contributed by atoms with E-state index in [1.54, 1.807) is 37.3 Å². The molecular formula is C19H16ClN3O4. The maximum atomic E-state index is 13.1. The Morgan fingerprint density at radius 1 is 1.37 bits per heavy atom. The van der Waals surface area contributed by atoms with Gasteiger partial charge in [-0.05, 0) is 31.2 Å². The second-order valence-corrected chi connectivity index (χ2v) is 7.55. The van der Waals surface area contributed by atoms with Gasteiger partial charge in [-0.15, -0.1) is 0 Å². The van der Waals surface area contributed by atoms with Crippen molar-refractivity contribution in [3.05, 3.63) is 53.3 Å². The van der Waals surface area contributed by atoms with Crippen molar-refractivity contribution in [3.63, 3.8) is 0 Å². The Morgan fingerprint density at radius 3 is 2.85 bits per heavy atom. The van der Waals surface area contributed by atoms with Gasteiger partial charge in [0.15, 0.2) is 5.82 Å². The number of halogens is 1. The highest BCUT2D eigenvalue weighted by Gasteiger charge is 2.67. The average molecular weight is 386 g/mol. The van der Waals surface area contributed by atoms with Crippen molar-refractivity contribution < 1.29 is 18.8 Å². The number of hydrogen-bond acceptors (Lipinski definition) is 5. The molecule has 4 heterocycles. The molecule has 2 fully saturated rings. The lowest BCUT2D eigenvalue weighted by Crippen LogP contribution is -2.41. The molecule has 1 aromatic heterocycles. The Bertz CT molecular complexity index is 970. The molecule has 0 aliphatic carbocycles. The molecular weight excluding hydrogens is 370 g/mol. The Kier molecular flexibility index (Phi) is 3.47. The molecule has 8 heteroatoms. The summed E-state index contributed by atoms with van der Waals surface area (Å²) in [6, 6.07) is 8.55. The van der Waals surface area contributed by atoms with E-state index in [1.165, 1.54) is 4.90 Å². The molecule has 2 amide bonds. The minimum Gasteiger partial charge on any atom is -0.360 e. The average Bonchev–Trinajstić information content (AvgIpc) is 3.38. The first kappa shape index (κ1) is 16.5. The van der Waals surface area contributed by atoms with Crippen molar-refractivity contribution >= 4 is 34.9 Å². The van der Waals surface area contributed by atoms with Crippen LogP contribution in [0.1, 0.15) is 5.76 Å². The van der Waals surface area contributed by atoms with Crippen LogP contribution in [0.4, 0.5) is 11.5 Å². The van der Waals surface area contributed by atoms with Crippen molar-refractivity contribution in [1.29, 1.82) is 0 Å². The highest BCUT2D eigenvalue weighted by atomic mass is 35.5. The summed E-state index contributed by atoms with van der Waals surface area (Å²) in [4.78, 5) is 27.6. The largest absolute Gasteiger partial charge is 0.360 e. The van der Waals surface area contributed by atoms with Crippen LogP contribution in [0.3, 0.4) is 0 Å². The number of benzene rings is 1. The van der Waals surface area contributed by atoms with Crippen molar-refractivity contribution in [2.45, 2.75) is 18.6 Å². The minimum absolute atomic E-state index is 0.175. The third-order valence-electron chi connectivity index (χ3n) is 5.41. The SMILES string of the molecule is Cc1cc(N2C[C@]34C=C[C@@H](O3)[C@H](C(=O)Nc3ccc(Cl)cc3)[C@H]4C2=O)no1. The van der Waals surface area contributed by atoms with Crippen LogP contribution < -0.4 is 10.2 Å². The highest BCUT2D eigenvalue weighted by Crippen LogP contribution is 2.52. The predicted molar refractivity (Wildman–Crippen MR) is 97.4 cm³/mol. The maximum Gasteiger partial charge on any atom is 0.235 e. The second kappa shape index (κ2) is 5.68. The number of carbonyl (C=O) groups excluding carboxylic acids is 2. The summed E-state index contributed by atoms with van der Waals surface area (Å²) in [5.41, 5.74) is -0.170. The third kappa shape index (κ3) is 2.42. The van der Waals surface area contributed by atoms with E-state index in [4.69, 9.17) is 20.9 Å². The molecule has 1 N–H and O–H groups in total. The van der Waals surface area contributed by atoms with Crippen LogP contribution in [0.25, 0.3) is 0 Å². The van der Waals surface area contributed by atoms with Crippen LogP contribution in [0, 0.1) is 18.8 Å². The molecule has 4 atom stereocenters. The number of nitrogens with one attached hydrogen (secondary N) is 1. The van der Waals surface area contributed by atoms with E-state index in [0.717, 1.165) is 0 Å². The Labute approximate surface area is 159 Å². The summed E-state index contributed by atoms with van der Waals surface area (Å²) < 4.78 is 11.2.